The van der Waals surface area contributed by atoms with Gasteiger partial charge in [-0.25, -0.2) is 0 Å². The number of piperazine rings is 1. The third-order valence-corrected chi connectivity index (χ3v) is 3.17. The van der Waals surface area contributed by atoms with Gasteiger partial charge < -0.3 is 9.80 Å². The maximum absolute atomic E-state index is 2.62. The third kappa shape index (κ3) is 4.97. The molecular formula is C12H26N2. The van der Waals surface area contributed by atoms with Crippen molar-refractivity contribution >= 4 is 0 Å². The van der Waals surface area contributed by atoms with Crippen molar-refractivity contribution in [3.63, 3.8) is 0 Å². The van der Waals surface area contributed by atoms with E-state index in [0.717, 1.165) is 0 Å². The molecule has 0 unspecified atom stereocenters. The van der Waals surface area contributed by atoms with Crippen molar-refractivity contribution in [1.82, 2.24) is 9.80 Å². The lowest BCUT2D eigenvalue weighted by molar-refractivity contribution is 0.152. The van der Waals surface area contributed by atoms with Crippen LogP contribution in [0.4, 0.5) is 0 Å². The van der Waals surface area contributed by atoms with Crippen LogP contribution in [-0.4, -0.2) is 49.6 Å². The number of likely N-dealkylation sites (N-methyl/N-ethyl adjacent to an activating group) is 1. The first kappa shape index (κ1) is 12.0. The van der Waals surface area contributed by atoms with Gasteiger partial charge in [-0.05, 0) is 20.0 Å². The van der Waals surface area contributed by atoms with E-state index < -0.39 is 0 Å². The van der Waals surface area contributed by atoms with Crippen LogP contribution < -0.4 is 0 Å². The van der Waals surface area contributed by atoms with E-state index in [1.54, 1.807) is 0 Å². The summed E-state index contributed by atoms with van der Waals surface area (Å²) in [7, 11) is 2.22. The topological polar surface area (TPSA) is 6.48 Å². The van der Waals surface area contributed by atoms with Gasteiger partial charge in [0.1, 0.15) is 0 Å². The predicted octanol–water partition coefficient (Wildman–Crippen LogP) is 2.20. The lowest BCUT2D eigenvalue weighted by atomic mass is 10.1. The van der Waals surface area contributed by atoms with Crippen molar-refractivity contribution < 1.29 is 0 Å². The fraction of sp³-hybridized carbons (Fsp3) is 1.00. The average Bonchev–Trinajstić information content (AvgIpc) is 2.21. The lowest BCUT2D eigenvalue weighted by Gasteiger charge is -2.32. The zero-order valence-electron chi connectivity index (χ0n) is 9.97. The number of hydrogen-bond acceptors (Lipinski definition) is 2. The average molecular weight is 198 g/mol. The molecule has 2 nitrogen and oxygen atoms in total. The summed E-state index contributed by atoms with van der Waals surface area (Å²) in [6, 6.07) is 0. The highest BCUT2D eigenvalue weighted by Gasteiger charge is 2.12. The first-order valence-corrected chi connectivity index (χ1v) is 6.24. The minimum atomic E-state index is 1.26. The molecule has 1 fully saturated rings. The number of hydrogen-bond donors (Lipinski definition) is 0. The molecule has 0 atom stereocenters. The molecule has 0 aromatic carbocycles. The largest absolute Gasteiger partial charge is 0.304 e. The molecule has 0 spiro atoms. The van der Waals surface area contributed by atoms with Crippen molar-refractivity contribution in [1.29, 1.82) is 0 Å². The molecular weight excluding hydrogens is 172 g/mol. The Morgan fingerprint density at radius 3 is 2.14 bits per heavy atom. The fourth-order valence-electron chi connectivity index (χ4n) is 2.01. The summed E-state index contributed by atoms with van der Waals surface area (Å²) < 4.78 is 0. The van der Waals surface area contributed by atoms with Crippen LogP contribution in [0, 0.1) is 0 Å². The first-order chi connectivity index (χ1) is 6.83. The standard InChI is InChI=1S/C12H26N2/c1-3-4-5-6-7-8-14-11-9-13(2)10-12-14/h3-12H2,1-2H3. The molecule has 14 heavy (non-hydrogen) atoms. The summed E-state index contributed by atoms with van der Waals surface area (Å²) in [5.41, 5.74) is 0. The Kier molecular flexibility index (Phi) is 6.20. The SMILES string of the molecule is CCCCCCCN1CCN(C)CC1. The van der Waals surface area contributed by atoms with Gasteiger partial charge in [0, 0.05) is 26.2 Å². The second kappa shape index (κ2) is 7.24. The van der Waals surface area contributed by atoms with Gasteiger partial charge >= 0.3 is 0 Å². The third-order valence-electron chi connectivity index (χ3n) is 3.17. The van der Waals surface area contributed by atoms with E-state index in [1.165, 1.54) is 64.8 Å². The molecule has 1 aliphatic rings. The minimum absolute atomic E-state index is 1.26. The molecule has 0 aromatic heterocycles. The van der Waals surface area contributed by atoms with Crippen LogP contribution in [0.3, 0.4) is 0 Å². The van der Waals surface area contributed by atoms with Crippen LogP contribution >= 0.6 is 0 Å². The summed E-state index contributed by atoms with van der Waals surface area (Å²) in [6.07, 6.45) is 7.05. The smallest absolute Gasteiger partial charge is 0.0110 e. The predicted molar refractivity (Wildman–Crippen MR) is 62.7 cm³/mol. The van der Waals surface area contributed by atoms with Gasteiger partial charge in [-0.3, -0.25) is 0 Å². The van der Waals surface area contributed by atoms with Crippen LogP contribution in [0.15, 0.2) is 0 Å². The van der Waals surface area contributed by atoms with Crippen LogP contribution in [0.1, 0.15) is 39.0 Å². The molecule has 1 saturated heterocycles. The Labute approximate surface area is 89.3 Å². The van der Waals surface area contributed by atoms with E-state index in [-0.39, 0.29) is 0 Å². The van der Waals surface area contributed by atoms with E-state index >= 15 is 0 Å². The van der Waals surface area contributed by atoms with Gasteiger partial charge in [-0.1, -0.05) is 32.6 Å². The van der Waals surface area contributed by atoms with E-state index in [2.05, 4.69) is 23.8 Å². The molecule has 0 saturated carbocycles. The summed E-state index contributed by atoms with van der Waals surface area (Å²) >= 11 is 0. The van der Waals surface area contributed by atoms with Crippen molar-refractivity contribution in [2.24, 2.45) is 0 Å². The van der Waals surface area contributed by atoms with Gasteiger partial charge in [0.25, 0.3) is 0 Å². The molecule has 0 amide bonds. The van der Waals surface area contributed by atoms with Gasteiger partial charge in [0.15, 0.2) is 0 Å². The number of rotatable bonds is 6. The second-order valence-electron chi connectivity index (χ2n) is 4.56. The molecule has 84 valence electrons. The normalized spacial score (nSPS) is 20.1. The molecule has 0 aromatic rings. The molecule has 2 heteroatoms. The Bertz CT molecular complexity index is 128. The molecule has 1 aliphatic heterocycles. The Morgan fingerprint density at radius 2 is 1.50 bits per heavy atom. The zero-order chi connectivity index (χ0) is 10.2. The van der Waals surface area contributed by atoms with Crippen LogP contribution in [0.25, 0.3) is 0 Å². The van der Waals surface area contributed by atoms with Crippen molar-refractivity contribution in [3.8, 4) is 0 Å². The molecule has 1 heterocycles. The minimum Gasteiger partial charge on any atom is -0.304 e. The lowest BCUT2D eigenvalue weighted by Crippen LogP contribution is -2.44. The van der Waals surface area contributed by atoms with Crippen molar-refractivity contribution in [2.75, 3.05) is 39.8 Å². The molecule has 0 N–H and O–H groups in total. The van der Waals surface area contributed by atoms with Gasteiger partial charge in [0.05, 0.1) is 0 Å². The molecule has 0 radical (unpaired) electrons. The van der Waals surface area contributed by atoms with E-state index in [4.69, 9.17) is 0 Å². The van der Waals surface area contributed by atoms with Crippen LogP contribution in [0.2, 0.25) is 0 Å². The molecule has 0 aliphatic carbocycles. The zero-order valence-corrected chi connectivity index (χ0v) is 9.97. The highest BCUT2D eigenvalue weighted by atomic mass is 15.2. The maximum atomic E-state index is 2.62. The van der Waals surface area contributed by atoms with Crippen molar-refractivity contribution in [2.45, 2.75) is 39.0 Å². The van der Waals surface area contributed by atoms with E-state index in [0.29, 0.717) is 0 Å². The van der Waals surface area contributed by atoms with E-state index in [9.17, 15) is 0 Å². The summed E-state index contributed by atoms with van der Waals surface area (Å²) in [5.74, 6) is 0. The monoisotopic (exact) mass is 198 g/mol. The Morgan fingerprint density at radius 1 is 0.857 bits per heavy atom. The van der Waals surface area contributed by atoms with Gasteiger partial charge in [-0.2, -0.15) is 0 Å². The highest BCUT2D eigenvalue weighted by molar-refractivity contribution is 4.68. The molecule has 1 rings (SSSR count). The summed E-state index contributed by atoms with van der Waals surface area (Å²) in [6.45, 7) is 8.69. The van der Waals surface area contributed by atoms with Gasteiger partial charge in [0.2, 0.25) is 0 Å². The maximum Gasteiger partial charge on any atom is 0.0110 e. The van der Waals surface area contributed by atoms with Crippen LogP contribution in [-0.2, 0) is 0 Å². The first-order valence-electron chi connectivity index (χ1n) is 6.24. The van der Waals surface area contributed by atoms with Gasteiger partial charge in [-0.15, -0.1) is 0 Å². The summed E-state index contributed by atoms with van der Waals surface area (Å²) in [5, 5.41) is 0. The van der Waals surface area contributed by atoms with Crippen molar-refractivity contribution in [3.05, 3.63) is 0 Å². The van der Waals surface area contributed by atoms with Crippen LogP contribution in [0.5, 0.6) is 0 Å². The second-order valence-corrected chi connectivity index (χ2v) is 4.56. The number of nitrogens with zero attached hydrogens (tertiary/aromatic N) is 2. The number of unbranched alkanes of at least 4 members (excludes halogenated alkanes) is 4. The Hall–Kier alpha value is -0.0800. The highest BCUT2D eigenvalue weighted by Crippen LogP contribution is 2.05. The molecule has 0 bridgehead atoms. The summed E-state index contributed by atoms with van der Waals surface area (Å²) in [4.78, 5) is 5.04. The fourth-order valence-corrected chi connectivity index (χ4v) is 2.01. The Balaban J connectivity index is 1.91. The quantitative estimate of drug-likeness (QED) is 0.604. The van der Waals surface area contributed by atoms with E-state index in [1.807, 2.05) is 0 Å².